The summed E-state index contributed by atoms with van der Waals surface area (Å²) < 4.78 is 33.8. The molecular formula is C13H13Br2NO3S. The van der Waals surface area contributed by atoms with Crippen LogP contribution in [0.5, 0.6) is 0 Å². The Bertz CT molecular complexity index is 684. The summed E-state index contributed by atoms with van der Waals surface area (Å²) in [6.45, 7) is 1.80. The molecule has 0 spiro atoms. The number of halogens is 2. The van der Waals surface area contributed by atoms with E-state index in [0.29, 0.717) is 10.9 Å². The summed E-state index contributed by atoms with van der Waals surface area (Å²) in [5.41, 5.74) is 0. The minimum absolute atomic E-state index is 0.215. The SMILES string of the molecule is CC(Cc1ccco1)NS(=O)(=O)c1ccc(Br)cc1Br. The maximum atomic E-state index is 12.3. The highest BCUT2D eigenvalue weighted by Gasteiger charge is 2.20. The molecule has 0 amide bonds. The Morgan fingerprint density at radius 1 is 1.30 bits per heavy atom. The summed E-state index contributed by atoms with van der Waals surface area (Å²) in [6, 6.07) is 8.28. The zero-order valence-corrected chi connectivity index (χ0v) is 14.6. The van der Waals surface area contributed by atoms with Crippen molar-refractivity contribution in [1.82, 2.24) is 4.72 Å². The molecule has 0 saturated carbocycles. The first-order valence-electron chi connectivity index (χ1n) is 5.88. The van der Waals surface area contributed by atoms with Gasteiger partial charge in [0.05, 0.1) is 11.2 Å². The molecule has 1 N–H and O–H groups in total. The number of nitrogens with one attached hydrogen (secondary N) is 1. The Morgan fingerprint density at radius 3 is 2.65 bits per heavy atom. The minimum atomic E-state index is -3.57. The molecule has 0 saturated heterocycles. The summed E-state index contributed by atoms with van der Waals surface area (Å²) in [7, 11) is -3.57. The number of furan rings is 1. The van der Waals surface area contributed by atoms with E-state index in [1.807, 2.05) is 6.07 Å². The lowest BCUT2D eigenvalue weighted by Crippen LogP contribution is -2.34. The van der Waals surface area contributed by atoms with Gasteiger partial charge in [-0.25, -0.2) is 13.1 Å². The monoisotopic (exact) mass is 421 g/mol. The van der Waals surface area contributed by atoms with Crippen LogP contribution < -0.4 is 4.72 Å². The highest BCUT2D eigenvalue weighted by Crippen LogP contribution is 2.25. The van der Waals surface area contributed by atoms with Crippen LogP contribution in [0.2, 0.25) is 0 Å². The molecular weight excluding hydrogens is 410 g/mol. The van der Waals surface area contributed by atoms with Gasteiger partial charge in [-0.2, -0.15) is 0 Å². The smallest absolute Gasteiger partial charge is 0.241 e. The maximum absolute atomic E-state index is 12.3. The standard InChI is InChI=1S/C13H13Br2NO3S/c1-9(7-11-3-2-6-19-11)16-20(17,18)13-5-4-10(14)8-12(13)15/h2-6,8-9,16H,7H2,1H3. The van der Waals surface area contributed by atoms with Crippen LogP contribution in [0.15, 0.2) is 54.9 Å². The topological polar surface area (TPSA) is 59.3 Å². The molecule has 0 radical (unpaired) electrons. The molecule has 1 atom stereocenters. The second-order valence-electron chi connectivity index (χ2n) is 4.38. The fourth-order valence-corrected chi connectivity index (χ4v) is 4.78. The van der Waals surface area contributed by atoms with Crippen LogP contribution in [-0.2, 0) is 16.4 Å². The van der Waals surface area contributed by atoms with Crippen molar-refractivity contribution in [3.05, 3.63) is 51.3 Å². The molecule has 1 aromatic heterocycles. The van der Waals surface area contributed by atoms with Crippen LogP contribution in [0.25, 0.3) is 0 Å². The molecule has 0 fully saturated rings. The largest absolute Gasteiger partial charge is 0.469 e. The van der Waals surface area contributed by atoms with Crippen molar-refractivity contribution < 1.29 is 12.8 Å². The van der Waals surface area contributed by atoms with Gasteiger partial charge in [0.25, 0.3) is 0 Å². The van der Waals surface area contributed by atoms with E-state index in [1.54, 1.807) is 37.5 Å². The predicted octanol–water partition coefficient (Wildman–Crippen LogP) is 3.71. The van der Waals surface area contributed by atoms with E-state index in [2.05, 4.69) is 36.6 Å². The van der Waals surface area contributed by atoms with Crippen molar-refractivity contribution >= 4 is 41.9 Å². The number of hydrogen-bond acceptors (Lipinski definition) is 3. The third-order valence-corrected chi connectivity index (χ3v) is 5.69. The van der Waals surface area contributed by atoms with Crippen LogP contribution >= 0.6 is 31.9 Å². The summed E-state index contributed by atoms with van der Waals surface area (Å²) in [5, 5.41) is 0. The average molecular weight is 423 g/mol. The first-order valence-corrected chi connectivity index (χ1v) is 8.95. The Kier molecular flexibility index (Phi) is 5.06. The van der Waals surface area contributed by atoms with Gasteiger partial charge in [0.1, 0.15) is 5.76 Å². The Balaban J connectivity index is 2.14. The van der Waals surface area contributed by atoms with Crippen molar-refractivity contribution in [2.45, 2.75) is 24.3 Å². The van der Waals surface area contributed by atoms with Crippen molar-refractivity contribution in [3.8, 4) is 0 Å². The van der Waals surface area contributed by atoms with Gasteiger partial charge in [0.2, 0.25) is 10.0 Å². The Hall–Kier alpha value is -0.630. The first kappa shape index (κ1) is 15.8. The summed E-state index contributed by atoms with van der Waals surface area (Å²) in [4.78, 5) is 0.215. The van der Waals surface area contributed by atoms with Gasteiger partial charge < -0.3 is 4.42 Å². The van der Waals surface area contributed by atoms with E-state index in [0.717, 1.165) is 10.2 Å². The van der Waals surface area contributed by atoms with Crippen molar-refractivity contribution in [2.75, 3.05) is 0 Å². The molecule has 0 bridgehead atoms. The molecule has 20 heavy (non-hydrogen) atoms. The lowest BCUT2D eigenvalue weighted by Gasteiger charge is -2.14. The lowest BCUT2D eigenvalue weighted by molar-refractivity contribution is 0.479. The zero-order valence-electron chi connectivity index (χ0n) is 10.6. The van der Waals surface area contributed by atoms with Crippen LogP contribution in [-0.4, -0.2) is 14.5 Å². The number of hydrogen-bond donors (Lipinski definition) is 1. The zero-order chi connectivity index (χ0) is 14.8. The molecule has 1 unspecified atom stereocenters. The number of benzene rings is 1. The fourth-order valence-electron chi connectivity index (χ4n) is 1.79. The van der Waals surface area contributed by atoms with E-state index in [1.165, 1.54) is 0 Å². The van der Waals surface area contributed by atoms with Gasteiger partial charge in [-0.3, -0.25) is 0 Å². The van der Waals surface area contributed by atoms with Crippen LogP contribution in [0.1, 0.15) is 12.7 Å². The molecule has 108 valence electrons. The molecule has 4 nitrogen and oxygen atoms in total. The van der Waals surface area contributed by atoms with E-state index in [9.17, 15) is 8.42 Å². The van der Waals surface area contributed by atoms with Gasteiger partial charge >= 0.3 is 0 Å². The first-order chi connectivity index (χ1) is 9.38. The summed E-state index contributed by atoms with van der Waals surface area (Å²) >= 11 is 6.56. The second kappa shape index (κ2) is 6.43. The van der Waals surface area contributed by atoms with E-state index >= 15 is 0 Å². The maximum Gasteiger partial charge on any atom is 0.241 e. The molecule has 1 heterocycles. The molecule has 0 aliphatic carbocycles. The number of sulfonamides is 1. The molecule has 2 rings (SSSR count). The second-order valence-corrected chi connectivity index (χ2v) is 7.83. The molecule has 2 aromatic rings. The molecule has 0 aliphatic heterocycles. The van der Waals surface area contributed by atoms with Crippen LogP contribution in [0.4, 0.5) is 0 Å². The normalized spacial score (nSPS) is 13.3. The highest BCUT2D eigenvalue weighted by molar-refractivity contribution is 9.11. The average Bonchev–Trinajstić information content (AvgIpc) is 2.79. The third-order valence-electron chi connectivity index (χ3n) is 2.63. The van der Waals surface area contributed by atoms with E-state index < -0.39 is 10.0 Å². The van der Waals surface area contributed by atoms with Crippen molar-refractivity contribution in [2.24, 2.45) is 0 Å². The molecule has 1 aromatic carbocycles. The third kappa shape index (κ3) is 3.94. The Labute approximate surface area is 134 Å². The Morgan fingerprint density at radius 2 is 2.05 bits per heavy atom. The predicted molar refractivity (Wildman–Crippen MR) is 84.0 cm³/mol. The van der Waals surface area contributed by atoms with Gasteiger partial charge in [-0.05, 0) is 53.2 Å². The quantitative estimate of drug-likeness (QED) is 0.798. The van der Waals surface area contributed by atoms with E-state index in [-0.39, 0.29) is 10.9 Å². The lowest BCUT2D eigenvalue weighted by atomic mass is 10.2. The molecule has 0 aliphatic rings. The van der Waals surface area contributed by atoms with E-state index in [4.69, 9.17) is 4.42 Å². The van der Waals surface area contributed by atoms with Gasteiger partial charge in [0, 0.05) is 21.4 Å². The number of rotatable bonds is 5. The van der Waals surface area contributed by atoms with Crippen molar-refractivity contribution in [1.29, 1.82) is 0 Å². The molecule has 7 heteroatoms. The van der Waals surface area contributed by atoms with Crippen LogP contribution in [0, 0.1) is 0 Å². The van der Waals surface area contributed by atoms with Gasteiger partial charge in [-0.1, -0.05) is 15.9 Å². The minimum Gasteiger partial charge on any atom is -0.469 e. The summed E-state index contributed by atoms with van der Waals surface area (Å²) in [6.07, 6.45) is 2.07. The van der Waals surface area contributed by atoms with Crippen LogP contribution in [0.3, 0.4) is 0 Å². The van der Waals surface area contributed by atoms with Crippen molar-refractivity contribution in [3.63, 3.8) is 0 Å². The van der Waals surface area contributed by atoms with Gasteiger partial charge in [-0.15, -0.1) is 0 Å². The van der Waals surface area contributed by atoms with Gasteiger partial charge in [0.15, 0.2) is 0 Å². The highest BCUT2D eigenvalue weighted by atomic mass is 79.9. The summed E-state index contributed by atoms with van der Waals surface area (Å²) in [5.74, 6) is 0.745. The fraction of sp³-hybridized carbons (Fsp3) is 0.231.